The van der Waals surface area contributed by atoms with E-state index in [1.54, 1.807) is 0 Å². The van der Waals surface area contributed by atoms with Gasteiger partial charge in [0.25, 0.3) is 0 Å². The molecule has 0 radical (unpaired) electrons. The van der Waals surface area contributed by atoms with E-state index < -0.39 is 0 Å². The molecule has 1 aliphatic carbocycles. The zero-order valence-electron chi connectivity index (χ0n) is 12.5. The van der Waals surface area contributed by atoms with E-state index in [-0.39, 0.29) is 0 Å². The minimum absolute atomic E-state index is 0.929. The third-order valence-corrected chi connectivity index (χ3v) is 3.93. The molecule has 3 rings (SSSR count). The van der Waals surface area contributed by atoms with Crippen LogP contribution in [0.25, 0.3) is 0 Å². The Labute approximate surface area is 122 Å². The first-order valence-electron chi connectivity index (χ1n) is 7.90. The fraction of sp³-hybridized carbons (Fsp3) is 0.500. The van der Waals surface area contributed by atoms with Gasteiger partial charge in [-0.15, -0.1) is 0 Å². The zero-order chi connectivity index (χ0) is 14.0. The van der Waals surface area contributed by atoms with Gasteiger partial charge < -0.3 is 0 Å². The van der Waals surface area contributed by atoms with Crippen molar-refractivity contribution < 1.29 is 0 Å². The Balaban J connectivity index is 0.000000205. The maximum atomic E-state index is 4.32. The maximum Gasteiger partial charge on any atom is 0.0521 e. The molecule has 1 aromatic carbocycles. The van der Waals surface area contributed by atoms with Crippen molar-refractivity contribution in [3.05, 3.63) is 54.4 Å². The minimum Gasteiger partial charge on any atom is -0.273 e. The molecular weight excluding hydrogens is 244 g/mol. The van der Waals surface area contributed by atoms with Crippen LogP contribution in [0.15, 0.2) is 48.8 Å². The highest BCUT2D eigenvalue weighted by atomic mass is 15.3. The number of aromatic nitrogens is 2. The zero-order valence-corrected chi connectivity index (χ0v) is 12.5. The number of nitrogens with zero attached hydrogens (tertiary/aromatic N) is 2. The molecule has 0 spiro atoms. The van der Waals surface area contributed by atoms with Crippen molar-refractivity contribution >= 4 is 0 Å². The Hall–Kier alpha value is -1.57. The van der Waals surface area contributed by atoms with Crippen molar-refractivity contribution in [1.29, 1.82) is 0 Å². The van der Waals surface area contributed by atoms with Gasteiger partial charge in [-0.1, -0.05) is 68.5 Å². The number of benzene rings is 1. The van der Waals surface area contributed by atoms with Gasteiger partial charge in [0.1, 0.15) is 0 Å². The summed E-state index contributed by atoms with van der Waals surface area (Å²) < 4.78 is 2.03. The smallest absolute Gasteiger partial charge is 0.0521 e. The summed E-state index contributed by atoms with van der Waals surface area (Å²) in [4.78, 5) is 0. The van der Waals surface area contributed by atoms with E-state index in [2.05, 4.69) is 18.2 Å². The van der Waals surface area contributed by atoms with Crippen LogP contribution in [0.2, 0.25) is 0 Å². The highest BCUT2D eigenvalue weighted by Crippen LogP contribution is 2.26. The normalized spacial score (nSPS) is 15.4. The van der Waals surface area contributed by atoms with Gasteiger partial charge in [0.15, 0.2) is 0 Å². The fourth-order valence-electron chi connectivity index (χ4n) is 2.79. The number of rotatable bonds is 3. The predicted molar refractivity (Wildman–Crippen MR) is 84.6 cm³/mol. The summed E-state index contributed by atoms with van der Waals surface area (Å²) in [5, 5.41) is 4.32. The molecule has 0 bridgehead atoms. The minimum atomic E-state index is 0.929. The van der Waals surface area contributed by atoms with Crippen LogP contribution in [0.4, 0.5) is 0 Å². The summed E-state index contributed by atoms with van der Waals surface area (Å²) in [5.41, 5.74) is 1.43. The molecule has 0 aliphatic heterocycles. The Bertz CT molecular complexity index is 429. The SMILES string of the molecule is CCn1cc(CC2CCCCC2)cn1.c1ccccc1. The molecule has 1 aromatic heterocycles. The van der Waals surface area contributed by atoms with E-state index in [1.165, 1.54) is 44.1 Å². The first-order valence-corrected chi connectivity index (χ1v) is 7.90. The van der Waals surface area contributed by atoms with Crippen molar-refractivity contribution in [1.82, 2.24) is 9.78 Å². The molecule has 0 N–H and O–H groups in total. The van der Waals surface area contributed by atoms with Crippen LogP contribution in [0.1, 0.15) is 44.6 Å². The second-order valence-electron chi connectivity index (χ2n) is 5.57. The van der Waals surface area contributed by atoms with Gasteiger partial charge in [-0.3, -0.25) is 4.68 Å². The lowest BCUT2D eigenvalue weighted by Crippen LogP contribution is -2.08. The summed E-state index contributed by atoms with van der Waals surface area (Å²) in [7, 11) is 0. The van der Waals surface area contributed by atoms with Crippen molar-refractivity contribution in [2.75, 3.05) is 0 Å². The molecule has 2 heteroatoms. The largest absolute Gasteiger partial charge is 0.273 e. The Morgan fingerprint density at radius 1 is 1.00 bits per heavy atom. The summed E-state index contributed by atoms with van der Waals surface area (Å²) in [6.07, 6.45) is 12.7. The number of aryl methyl sites for hydroxylation is 1. The molecule has 2 nitrogen and oxygen atoms in total. The van der Waals surface area contributed by atoms with Gasteiger partial charge in [-0.05, 0) is 24.8 Å². The van der Waals surface area contributed by atoms with Crippen LogP contribution >= 0.6 is 0 Å². The summed E-state index contributed by atoms with van der Waals surface area (Å²) in [6.45, 7) is 3.13. The molecular formula is C18H26N2. The van der Waals surface area contributed by atoms with Gasteiger partial charge in [0.2, 0.25) is 0 Å². The van der Waals surface area contributed by atoms with Crippen molar-refractivity contribution in [2.24, 2.45) is 5.92 Å². The second-order valence-corrected chi connectivity index (χ2v) is 5.57. The highest BCUT2D eigenvalue weighted by molar-refractivity contribution is 5.05. The third kappa shape index (κ3) is 5.20. The maximum absolute atomic E-state index is 4.32. The highest BCUT2D eigenvalue weighted by Gasteiger charge is 2.14. The van der Waals surface area contributed by atoms with Gasteiger partial charge in [0, 0.05) is 12.7 Å². The van der Waals surface area contributed by atoms with Gasteiger partial charge >= 0.3 is 0 Å². The molecule has 0 unspecified atom stereocenters. The Morgan fingerprint density at radius 2 is 1.60 bits per heavy atom. The molecule has 0 atom stereocenters. The average Bonchev–Trinajstić information content (AvgIpc) is 2.98. The van der Waals surface area contributed by atoms with Gasteiger partial charge in [0.05, 0.1) is 6.20 Å². The molecule has 20 heavy (non-hydrogen) atoms. The molecule has 2 aromatic rings. The fourth-order valence-corrected chi connectivity index (χ4v) is 2.79. The molecule has 0 amide bonds. The van der Waals surface area contributed by atoms with E-state index >= 15 is 0 Å². The molecule has 1 saturated carbocycles. The van der Waals surface area contributed by atoms with Crippen molar-refractivity contribution in [2.45, 2.75) is 52.0 Å². The number of hydrogen-bond donors (Lipinski definition) is 0. The van der Waals surface area contributed by atoms with E-state index in [9.17, 15) is 0 Å². The first kappa shape index (κ1) is 14.8. The molecule has 1 fully saturated rings. The van der Waals surface area contributed by atoms with Gasteiger partial charge in [-0.2, -0.15) is 5.10 Å². The standard InChI is InChI=1S/C12H20N2.C6H6/c1-2-14-10-12(9-13-14)8-11-6-4-3-5-7-11;1-2-4-6-5-3-1/h9-11H,2-8H2,1H3;1-6H. The molecule has 1 heterocycles. The summed E-state index contributed by atoms with van der Waals surface area (Å²) in [5.74, 6) is 0.929. The van der Waals surface area contributed by atoms with E-state index in [0.717, 1.165) is 12.5 Å². The van der Waals surface area contributed by atoms with Crippen LogP contribution in [0.5, 0.6) is 0 Å². The van der Waals surface area contributed by atoms with Crippen LogP contribution in [-0.2, 0) is 13.0 Å². The molecule has 0 saturated heterocycles. The van der Waals surface area contributed by atoms with Gasteiger partial charge in [-0.25, -0.2) is 0 Å². The van der Waals surface area contributed by atoms with E-state index in [1.807, 2.05) is 47.3 Å². The van der Waals surface area contributed by atoms with E-state index in [4.69, 9.17) is 0 Å². The lowest BCUT2D eigenvalue weighted by Gasteiger charge is -2.20. The molecule has 108 valence electrons. The topological polar surface area (TPSA) is 17.8 Å². The average molecular weight is 270 g/mol. The molecule has 1 aliphatic rings. The quantitative estimate of drug-likeness (QED) is 0.789. The van der Waals surface area contributed by atoms with Crippen LogP contribution in [0.3, 0.4) is 0 Å². The summed E-state index contributed by atoms with van der Waals surface area (Å²) in [6, 6.07) is 12.0. The van der Waals surface area contributed by atoms with Crippen molar-refractivity contribution in [3.8, 4) is 0 Å². The van der Waals surface area contributed by atoms with Crippen molar-refractivity contribution in [3.63, 3.8) is 0 Å². The van der Waals surface area contributed by atoms with Crippen LogP contribution < -0.4 is 0 Å². The summed E-state index contributed by atoms with van der Waals surface area (Å²) >= 11 is 0. The second kappa shape index (κ2) is 8.57. The van der Waals surface area contributed by atoms with E-state index in [0.29, 0.717) is 0 Å². The Kier molecular flexibility index (Phi) is 6.36. The first-order chi connectivity index (χ1) is 9.88. The lowest BCUT2D eigenvalue weighted by molar-refractivity contribution is 0.356. The lowest BCUT2D eigenvalue weighted by atomic mass is 9.85. The monoisotopic (exact) mass is 270 g/mol. The Morgan fingerprint density at radius 3 is 2.10 bits per heavy atom. The van der Waals surface area contributed by atoms with Crippen LogP contribution in [-0.4, -0.2) is 9.78 Å². The van der Waals surface area contributed by atoms with Crippen LogP contribution in [0, 0.1) is 5.92 Å². The third-order valence-electron chi connectivity index (χ3n) is 3.93. The number of hydrogen-bond acceptors (Lipinski definition) is 1. The predicted octanol–water partition coefficient (Wildman–Crippen LogP) is 4.71.